The molecule has 0 radical (unpaired) electrons. The van der Waals surface area contributed by atoms with Crippen molar-refractivity contribution in [1.82, 2.24) is 19.9 Å². The average Bonchev–Trinajstić information content (AvgIpc) is 3.23. The number of nitrogens with one attached hydrogen (secondary N) is 1. The molecule has 0 bridgehead atoms. The number of rotatable bonds is 5. The maximum absolute atomic E-state index is 11.0. The van der Waals surface area contributed by atoms with Gasteiger partial charge in [-0.2, -0.15) is 0 Å². The largest absolute Gasteiger partial charge is 0.506 e. The highest BCUT2D eigenvalue weighted by Crippen LogP contribution is 2.42. The number of nitrogens with two attached hydrogens (primary N) is 1. The smallest absolute Gasteiger partial charge is 0.151 e. The number of benzene rings is 4. The van der Waals surface area contributed by atoms with Gasteiger partial charge in [0, 0.05) is 62.3 Å². The molecular weight excluding hydrogens is 944 g/mol. The van der Waals surface area contributed by atoms with Gasteiger partial charge >= 0.3 is 0 Å². The number of nitrogen functional groups attached to an aromatic ring is 1. The zero-order valence-electron chi connectivity index (χ0n) is 31.8. The number of nitrogens with zero attached hydrogens (tertiary/aromatic N) is 4. The fourth-order valence-corrected chi connectivity index (χ4v) is 7.43. The number of pyridine rings is 4. The third-order valence-electron chi connectivity index (χ3n) is 8.59. The van der Waals surface area contributed by atoms with Crippen molar-refractivity contribution in [2.75, 3.05) is 11.1 Å². The van der Waals surface area contributed by atoms with E-state index in [1.807, 2.05) is 56.3 Å². The number of aldehydes is 1. The van der Waals surface area contributed by atoms with Crippen LogP contribution in [-0.2, 0) is 0 Å². The average molecular weight is 976 g/mol. The second-order valence-electron chi connectivity index (χ2n) is 12.9. The molecule has 312 valence electrons. The first-order valence-corrected chi connectivity index (χ1v) is 20.7. The topological polar surface area (TPSA) is 147 Å². The molecule has 4 aromatic carbocycles. The molecule has 5 N–H and O–H groups in total. The van der Waals surface area contributed by atoms with Crippen LogP contribution in [0.1, 0.15) is 38.7 Å². The minimum absolute atomic E-state index is 0.0318. The van der Waals surface area contributed by atoms with Gasteiger partial charge in [0.2, 0.25) is 0 Å². The number of aryl methyl sites for hydroxylation is 2. The van der Waals surface area contributed by atoms with Crippen molar-refractivity contribution in [1.29, 1.82) is 0 Å². The van der Waals surface area contributed by atoms with Crippen molar-refractivity contribution < 1.29 is 15.0 Å². The number of aromatic nitrogens is 4. The quantitative estimate of drug-likeness (QED) is 0.0977. The van der Waals surface area contributed by atoms with Crippen LogP contribution >= 0.6 is 92.8 Å². The molecule has 9 nitrogen and oxygen atoms in total. The van der Waals surface area contributed by atoms with Gasteiger partial charge in [-0.05, 0) is 79.6 Å². The van der Waals surface area contributed by atoms with Crippen molar-refractivity contribution in [3.63, 3.8) is 0 Å². The summed E-state index contributed by atoms with van der Waals surface area (Å²) in [6.07, 6.45) is 6.98. The van der Waals surface area contributed by atoms with E-state index in [0.717, 1.165) is 21.9 Å². The van der Waals surface area contributed by atoms with Gasteiger partial charge in [-0.1, -0.05) is 129 Å². The summed E-state index contributed by atoms with van der Waals surface area (Å²) in [5.74, 6) is 1.39. The Labute approximate surface area is 391 Å². The number of anilines is 2. The first-order chi connectivity index (χ1) is 29.1. The predicted molar refractivity (Wildman–Crippen MR) is 253 cm³/mol. The van der Waals surface area contributed by atoms with Crippen molar-refractivity contribution in [2.45, 2.75) is 19.9 Å². The molecular formula is C44H32Cl8N6O3. The third kappa shape index (κ3) is 12.4. The van der Waals surface area contributed by atoms with Crippen LogP contribution in [0.2, 0.25) is 40.2 Å². The van der Waals surface area contributed by atoms with E-state index in [1.165, 1.54) is 18.3 Å². The molecule has 0 fully saturated rings. The molecule has 1 atom stereocenters. The first kappa shape index (κ1) is 47.2. The van der Waals surface area contributed by atoms with E-state index in [2.05, 4.69) is 25.3 Å². The number of hydrogen-bond acceptors (Lipinski definition) is 9. The van der Waals surface area contributed by atoms with E-state index in [4.69, 9.17) is 98.5 Å². The van der Waals surface area contributed by atoms with Crippen LogP contribution < -0.4 is 11.1 Å². The molecule has 0 saturated carbocycles. The lowest BCUT2D eigenvalue weighted by atomic mass is 9.96. The van der Waals surface area contributed by atoms with Gasteiger partial charge < -0.3 is 21.3 Å². The summed E-state index contributed by atoms with van der Waals surface area (Å²) in [7, 11) is 0. The summed E-state index contributed by atoms with van der Waals surface area (Å²) in [5.41, 5.74) is 9.76. The highest BCUT2D eigenvalue weighted by molar-refractivity contribution is 6.45. The highest BCUT2D eigenvalue weighted by Gasteiger charge is 2.25. The SMILES string of the molecule is Cc1cc(Cl)cnc1N.Cc1cc(Cl)cnc1NC(c1cc(Cl)cc(Cl)c1Cl)c1ccc2cccnc2c1O.O=Cc1cc(Cl)cc(Cl)c1Cl.Oc1cccc2cccnc12. The van der Waals surface area contributed by atoms with E-state index in [1.54, 1.807) is 55.0 Å². The second-order valence-corrected chi connectivity index (χ2v) is 16.2. The number of carbonyl (C=O) groups excluding carboxylic acids is 1. The summed E-state index contributed by atoms with van der Waals surface area (Å²) < 4.78 is 0. The minimum Gasteiger partial charge on any atom is -0.506 e. The van der Waals surface area contributed by atoms with E-state index >= 15 is 0 Å². The van der Waals surface area contributed by atoms with E-state index in [0.29, 0.717) is 80.8 Å². The van der Waals surface area contributed by atoms with Gasteiger partial charge in [-0.25, -0.2) is 9.97 Å². The van der Waals surface area contributed by atoms with Gasteiger partial charge in [0.15, 0.2) is 6.29 Å². The third-order valence-corrected chi connectivity index (χ3v) is 11.1. The monoisotopic (exact) mass is 972 g/mol. The van der Waals surface area contributed by atoms with Gasteiger partial charge in [0.25, 0.3) is 0 Å². The molecule has 8 aromatic rings. The normalized spacial score (nSPS) is 11.0. The lowest BCUT2D eigenvalue weighted by Gasteiger charge is -2.24. The number of carbonyl (C=O) groups is 1. The highest BCUT2D eigenvalue weighted by atomic mass is 35.5. The predicted octanol–water partition coefficient (Wildman–Crippen LogP) is 14.5. The van der Waals surface area contributed by atoms with Crippen LogP contribution in [0, 0.1) is 13.8 Å². The fourth-order valence-electron chi connectivity index (χ4n) is 5.62. The Balaban J connectivity index is 0.000000184. The minimum atomic E-state index is -0.604. The second kappa shape index (κ2) is 21.8. The standard InChI is InChI=1S/C22H15Cl4N3O.C9H7NO.C7H3Cl3O.C6H7ClN2/c1-11-7-14(24)10-28-22(11)29-20(16-8-13(23)9-17(25)18(16)26)15-5-4-12-3-2-6-27-19(12)21(15)30;11-8-5-1-3-7-4-2-6-10-9(7)8;8-5-1-4(3-11)7(10)6(9)2-5;1-4-2-5(7)3-9-6(4)8/h2-10,20,30H,1H3,(H,28,29);1-6,11H;1-3H;2-3H,1H3,(H2,8,9). The van der Waals surface area contributed by atoms with Crippen LogP contribution in [-0.4, -0.2) is 36.4 Å². The Kier molecular flexibility index (Phi) is 16.9. The maximum Gasteiger partial charge on any atom is 0.151 e. The van der Waals surface area contributed by atoms with Gasteiger partial charge in [-0.15, -0.1) is 0 Å². The van der Waals surface area contributed by atoms with Crippen LogP contribution in [0.4, 0.5) is 11.6 Å². The number of fused-ring (bicyclic) bond motifs is 2. The Morgan fingerprint density at radius 1 is 0.607 bits per heavy atom. The van der Waals surface area contributed by atoms with Gasteiger partial charge in [0.1, 0.15) is 34.2 Å². The summed E-state index contributed by atoms with van der Waals surface area (Å²) in [6.45, 7) is 3.75. The van der Waals surface area contributed by atoms with Crippen molar-refractivity contribution in [3.05, 3.63) is 184 Å². The Morgan fingerprint density at radius 2 is 1.18 bits per heavy atom. The zero-order valence-corrected chi connectivity index (χ0v) is 37.9. The molecule has 0 saturated heterocycles. The van der Waals surface area contributed by atoms with Gasteiger partial charge in [-0.3, -0.25) is 14.8 Å². The molecule has 8 rings (SSSR count). The molecule has 17 heteroatoms. The number of hydrogen-bond donors (Lipinski definition) is 4. The molecule has 4 heterocycles. The Hall–Kier alpha value is -4.81. The maximum atomic E-state index is 11.0. The molecule has 0 aliphatic heterocycles. The molecule has 1 unspecified atom stereocenters. The first-order valence-electron chi connectivity index (χ1n) is 17.7. The molecule has 4 aromatic heterocycles. The summed E-state index contributed by atoms with van der Waals surface area (Å²) in [4.78, 5) is 26.9. The summed E-state index contributed by atoms with van der Waals surface area (Å²) in [6, 6.07) is 25.7. The molecule has 0 aliphatic rings. The number of phenols is 2. The summed E-state index contributed by atoms with van der Waals surface area (Å²) in [5, 5.41) is 28.6. The Morgan fingerprint density at radius 3 is 1.79 bits per heavy atom. The number of halogens is 8. The molecule has 0 spiro atoms. The van der Waals surface area contributed by atoms with E-state index in [-0.39, 0.29) is 16.5 Å². The van der Waals surface area contributed by atoms with Crippen molar-refractivity contribution in [3.8, 4) is 11.5 Å². The Bertz CT molecular complexity index is 2840. The molecule has 61 heavy (non-hydrogen) atoms. The number of para-hydroxylation sites is 1. The van der Waals surface area contributed by atoms with Crippen molar-refractivity contribution >= 4 is 133 Å². The summed E-state index contributed by atoms with van der Waals surface area (Å²) >= 11 is 47.6. The fraction of sp³-hybridized carbons (Fsp3) is 0.0682. The van der Waals surface area contributed by atoms with E-state index in [9.17, 15) is 15.0 Å². The van der Waals surface area contributed by atoms with E-state index < -0.39 is 6.04 Å². The lowest BCUT2D eigenvalue weighted by molar-refractivity contribution is 0.112. The van der Waals surface area contributed by atoms with Crippen LogP contribution in [0.15, 0.2) is 116 Å². The molecule has 0 aliphatic carbocycles. The lowest BCUT2D eigenvalue weighted by Crippen LogP contribution is -2.15. The van der Waals surface area contributed by atoms with Crippen LogP contribution in [0.3, 0.4) is 0 Å². The van der Waals surface area contributed by atoms with Crippen molar-refractivity contribution in [2.24, 2.45) is 0 Å². The zero-order chi connectivity index (χ0) is 44.4. The number of aromatic hydroxyl groups is 2. The number of phenolic OH excluding ortho intramolecular Hbond substituents is 2. The molecule has 0 amide bonds. The van der Waals surface area contributed by atoms with Crippen LogP contribution in [0.25, 0.3) is 21.8 Å². The van der Waals surface area contributed by atoms with Gasteiger partial charge in [0.05, 0.1) is 36.2 Å². The van der Waals surface area contributed by atoms with Crippen LogP contribution in [0.5, 0.6) is 11.5 Å².